The predicted octanol–water partition coefficient (Wildman–Crippen LogP) is 7.21. The third-order valence-electron chi connectivity index (χ3n) is 11.0. The first-order chi connectivity index (χ1) is 20.2. The molecule has 0 aromatic heterocycles. The lowest BCUT2D eigenvalue weighted by atomic mass is 9.76. The van der Waals surface area contributed by atoms with Crippen molar-refractivity contribution in [3.63, 3.8) is 0 Å². The van der Waals surface area contributed by atoms with Crippen LogP contribution in [0.3, 0.4) is 0 Å². The van der Waals surface area contributed by atoms with E-state index in [1.54, 1.807) is 16.5 Å². The smallest absolute Gasteiger partial charge is 0.117 e. The summed E-state index contributed by atoms with van der Waals surface area (Å²) >= 11 is 0. The molecule has 41 heavy (non-hydrogen) atoms. The van der Waals surface area contributed by atoms with E-state index in [2.05, 4.69) is 102 Å². The Morgan fingerprint density at radius 3 is 2.68 bits per heavy atom. The van der Waals surface area contributed by atoms with Crippen molar-refractivity contribution in [3.8, 4) is 6.07 Å². The Balaban J connectivity index is 1.17. The van der Waals surface area contributed by atoms with Crippen LogP contribution < -0.4 is 10.5 Å². The Kier molecular flexibility index (Phi) is 7.65. The van der Waals surface area contributed by atoms with Crippen molar-refractivity contribution < 1.29 is 0 Å². The molecule has 7 unspecified atom stereocenters. The van der Waals surface area contributed by atoms with Gasteiger partial charge in [0.2, 0.25) is 0 Å². The molecule has 6 aliphatic rings. The van der Waals surface area contributed by atoms with Gasteiger partial charge in [-0.25, -0.2) is 0 Å². The van der Waals surface area contributed by atoms with Crippen LogP contribution in [0.4, 0.5) is 0 Å². The fraction of sp³-hybridized carbons (Fsp3) is 0.486. The van der Waals surface area contributed by atoms with Crippen molar-refractivity contribution in [2.24, 2.45) is 17.8 Å². The first-order valence-corrected chi connectivity index (χ1v) is 18.2. The van der Waals surface area contributed by atoms with Crippen molar-refractivity contribution in [3.05, 3.63) is 101 Å². The molecule has 7 rings (SSSR count). The second kappa shape index (κ2) is 11.7. The van der Waals surface area contributed by atoms with E-state index in [1.807, 2.05) is 0 Å². The number of nitrogens with one attached hydrogen (secondary N) is 1. The molecule has 0 amide bonds. The zero-order valence-corrected chi connectivity index (χ0v) is 25.7. The molecule has 1 N–H and O–H groups in total. The Hall–Kier alpha value is -3.03. The molecule has 2 heterocycles. The first kappa shape index (κ1) is 26.8. The molecule has 4 heteroatoms. The number of dihydropyridines is 1. The topological polar surface area (TPSA) is 39.1 Å². The summed E-state index contributed by atoms with van der Waals surface area (Å²) in [6.45, 7) is 3.22. The minimum absolute atomic E-state index is 0.551. The van der Waals surface area contributed by atoms with Crippen LogP contribution in [0.1, 0.15) is 64.7 Å². The molecule has 0 bridgehead atoms. The third-order valence-corrected chi connectivity index (χ3v) is 15.4. The van der Waals surface area contributed by atoms with E-state index in [0.29, 0.717) is 29.8 Å². The Bertz CT molecular complexity index is 1360. The molecule has 1 saturated heterocycles. The van der Waals surface area contributed by atoms with Crippen molar-refractivity contribution in [1.29, 1.82) is 5.26 Å². The molecule has 1 aromatic rings. The number of fused-ring (bicyclic) bond motifs is 2. The van der Waals surface area contributed by atoms with Crippen molar-refractivity contribution >= 4 is 14.0 Å². The second-order valence-electron chi connectivity index (χ2n) is 13.4. The monoisotopic (exact) mass is 559 g/mol. The minimum atomic E-state index is -1.18. The summed E-state index contributed by atoms with van der Waals surface area (Å²) in [6, 6.07) is 15.1. The number of nitrogens with zero attached hydrogens (tertiary/aromatic N) is 2. The van der Waals surface area contributed by atoms with Gasteiger partial charge in [0, 0.05) is 24.3 Å². The third kappa shape index (κ3) is 5.23. The van der Waals surface area contributed by atoms with Crippen molar-refractivity contribution in [2.75, 3.05) is 6.54 Å². The summed E-state index contributed by atoms with van der Waals surface area (Å²) < 4.78 is 0. The lowest BCUT2D eigenvalue weighted by molar-refractivity contribution is 0.174. The van der Waals surface area contributed by atoms with Crippen molar-refractivity contribution in [2.45, 2.75) is 87.9 Å². The summed E-state index contributed by atoms with van der Waals surface area (Å²) in [5.74, 6) is 1.84. The van der Waals surface area contributed by atoms with E-state index >= 15 is 0 Å². The van der Waals surface area contributed by atoms with Crippen LogP contribution in [0.2, 0.25) is 11.1 Å². The summed E-state index contributed by atoms with van der Waals surface area (Å²) in [4.78, 5) is 2.95. The molecule has 0 saturated carbocycles. The number of hydrogen-bond donors (Lipinski definition) is 1. The van der Waals surface area contributed by atoms with Gasteiger partial charge in [-0.1, -0.05) is 90.5 Å². The van der Waals surface area contributed by atoms with E-state index in [-0.39, 0.29) is 0 Å². The number of nitriles is 1. The fourth-order valence-electron chi connectivity index (χ4n) is 9.16. The zero-order valence-electron chi connectivity index (χ0n) is 24.6. The summed E-state index contributed by atoms with van der Waals surface area (Å²) in [6.07, 6.45) is 31.2. The molecule has 212 valence electrons. The van der Waals surface area contributed by atoms with E-state index in [4.69, 9.17) is 0 Å². The highest BCUT2D eigenvalue weighted by atomic mass is 28.3. The SMILES string of the molecule is C[C@H]1C=CC2C(C1)[SiH](c1ccccc1)C1CCC=CC1N2C1=CC(C2=CCC(C3=CCNC(C#N)=C3)CC2)CCC1. The maximum absolute atomic E-state index is 9.35. The number of benzene rings is 1. The van der Waals surface area contributed by atoms with Gasteiger partial charge in [0.25, 0.3) is 0 Å². The van der Waals surface area contributed by atoms with E-state index in [0.717, 1.165) is 29.7 Å². The second-order valence-corrected chi connectivity index (χ2v) is 16.8. The van der Waals surface area contributed by atoms with Gasteiger partial charge in [-0.15, -0.1) is 0 Å². The molecule has 0 radical (unpaired) electrons. The van der Waals surface area contributed by atoms with Crippen LogP contribution in [-0.2, 0) is 0 Å². The lowest BCUT2D eigenvalue weighted by Crippen LogP contribution is -2.62. The fourth-order valence-corrected chi connectivity index (χ4v) is 14.2. The van der Waals surface area contributed by atoms with Gasteiger partial charge in [-0.05, 0) is 98.3 Å². The maximum atomic E-state index is 9.35. The molecule has 1 aromatic carbocycles. The van der Waals surface area contributed by atoms with Crippen LogP contribution in [0.15, 0.2) is 101 Å². The highest BCUT2D eigenvalue weighted by molar-refractivity contribution is 6.76. The Morgan fingerprint density at radius 2 is 1.85 bits per heavy atom. The molecule has 8 atom stereocenters. The van der Waals surface area contributed by atoms with Gasteiger partial charge in [0.05, 0.1) is 8.80 Å². The van der Waals surface area contributed by atoms with Gasteiger partial charge < -0.3 is 10.2 Å². The average Bonchev–Trinajstić information content (AvgIpc) is 3.04. The number of rotatable bonds is 4. The van der Waals surface area contributed by atoms with E-state index in [1.165, 1.54) is 56.9 Å². The van der Waals surface area contributed by atoms with Gasteiger partial charge in [0.1, 0.15) is 11.8 Å². The summed E-state index contributed by atoms with van der Waals surface area (Å²) in [5, 5.41) is 14.2. The van der Waals surface area contributed by atoms with Gasteiger partial charge in [0.15, 0.2) is 0 Å². The molecule has 4 aliphatic carbocycles. The standard InChI is InChI=1S/C37H45N3Si/c1-26-14-19-35-37(22-26)41(33-10-3-2-4-11-33)36-13-6-5-12-34(36)40(35)32-9-7-8-29(24-32)27-15-17-28(18-16-27)30-20-21-39-31(23-30)25-38/h2-5,10-12,14-15,19-20,23-24,26,28-29,34-37,39,41H,6-9,13,16-18,21-22H2,1H3/t26-,28?,29?,34?,35?,36?,37?,41?/m0/s1. The largest absolute Gasteiger partial charge is 0.373 e. The normalized spacial score (nSPS) is 36.4. The van der Waals surface area contributed by atoms with Crippen LogP contribution in [-0.4, -0.2) is 32.3 Å². The Morgan fingerprint density at radius 1 is 0.976 bits per heavy atom. The Labute approximate surface area is 248 Å². The molecule has 0 spiro atoms. The van der Waals surface area contributed by atoms with Crippen LogP contribution >= 0.6 is 0 Å². The minimum Gasteiger partial charge on any atom is -0.373 e. The molecular weight excluding hydrogens is 515 g/mol. The lowest BCUT2D eigenvalue weighted by Gasteiger charge is -2.57. The highest BCUT2D eigenvalue weighted by Crippen LogP contribution is 2.51. The van der Waals surface area contributed by atoms with E-state index < -0.39 is 8.80 Å². The number of allylic oxidation sites excluding steroid dienone is 9. The summed E-state index contributed by atoms with van der Waals surface area (Å²) in [5.41, 5.74) is 7.03. The molecular formula is C37H45N3Si. The van der Waals surface area contributed by atoms with Gasteiger partial charge in [-0.3, -0.25) is 0 Å². The van der Waals surface area contributed by atoms with Crippen molar-refractivity contribution in [1.82, 2.24) is 10.2 Å². The summed E-state index contributed by atoms with van der Waals surface area (Å²) in [7, 11) is -1.18. The van der Waals surface area contributed by atoms with Crippen LogP contribution in [0.5, 0.6) is 0 Å². The highest BCUT2D eigenvalue weighted by Gasteiger charge is 2.50. The quantitative estimate of drug-likeness (QED) is 0.313. The molecule has 3 nitrogen and oxygen atoms in total. The van der Waals surface area contributed by atoms with E-state index in [9.17, 15) is 5.26 Å². The number of hydrogen-bond acceptors (Lipinski definition) is 3. The maximum Gasteiger partial charge on any atom is 0.117 e. The average molecular weight is 560 g/mol. The molecule has 1 fully saturated rings. The van der Waals surface area contributed by atoms with Crippen LogP contribution in [0, 0.1) is 29.1 Å². The molecule has 2 aliphatic heterocycles. The zero-order chi connectivity index (χ0) is 27.8. The van der Waals surface area contributed by atoms with Crippen LogP contribution in [0.25, 0.3) is 0 Å². The first-order valence-electron chi connectivity index (χ1n) is 16.3. The predicted molar refractivity (Wildman–Crippen MR) is 172 cm³/mol. The van der Waals surface area contributed by atoms with Gasteiger partial charge >= 0.3 is 0 Å². The van der Waals surface area contributed by atoms with Gasteiger partial charge in [-0.2, -0.15) is 5.26 Å².